The van der Waals surface area contributed by atoms with Crippen molar-refractivity contribution in [2.75, 3.05) is 7.11 Å². The molecular formula is C24H21ClN2O2S. The third-order valence-electron chi connectivity index (χ3n) is 5.69. The van der Waals surface area contributed by atoms with Crippen LogP contribution in [-0.4, -0.2) is 16.7 Å². The Labute approximate surface area is 183 Å². The zero-order valence-corrected chi connectivity index (χ0v) is 18.2. The van der Waals surface area contributed by atoms with Gasteiger partial charge in [-0.15, -0.1) is 11.3 Å². The highest BCUT2D eigenvalue weighted by Crippen LogP contribution is 2.35. The molecule has 2 aromatic heterocycles. The quantitative estimate of drug-likeness (QED) is 0.411. The van der Waals surface area contributed by atoms with E-state index in [4.69, 9.17) is 21.3 Å². The molecule has 0 saturated heterocycles. The van der Waals surface area contributed by atoms with E-state index >= 15 is 0 Å². The van der Waals surface area contributed by atoms with E-state index in [1.165, 1.54) is 16.9 Å². The fourth-order valence-corrected chi connectivity index (χ4v) is 5.61. The summed E-state index contributed by atoms with van der Waals surface area (Å²) in [7, 11) is 1.64. The predicted molar refractivity (Wildman–Crippen MR) is 123 cm³/mol. The van der Waals surface area contributed by atoms with Gasteiger partial charge in [0.1, 0.15) is 16.4 Å². The van der Waals surface area contributed by atoms with Gasteiger partial charge in [0.05, 0.1) is 19.0 Å². The van der Waals surface area contributed by atoms with Crippen molar-refractivity contribution in [2.24, 2.45) is 0 Å². The summed E-state index contributed by atoms with van der Waals surface area (Å²) in [5.41, 5.74) is 2.96. The topological polar surface area (TPSA) is 44.1 Å². The largest absolute Gasteiger partial charge is 0.497 e. The van der Waals surface area contributed by atoms with Crippen LogP contribution in [0.4, 0.5) is 0 Å². The number of methoxy groups -OCH3 is 1. The van der Waals surface area contributed by atoms with Gasteiger partial charge in [-0.3, -0.25) is 9.36 Å². The maximum absolute atomic E-state index is 13.8. The summed E-state index contributed by atoms with van der Waals surface area (Å²) >= 11 is 8.10. The standard InChI is InChI=1S/C24H21ClN2O2S/c1-29-17-9-6-8-15(13-17)22-26-23-21(18-10-3-5-12-20(18)30-23)24(28)27(22)14-16-7-2-4-11-19(16)25/h2,4,6-9,11,13H,3,5,10,12,14H2,1H3. The summed E-state index contributed by atoms with van der Waals surface area (Å²) in [4.78, 5) is 20.9. The van der Waals surface area contributed by atoms with Crippen molar-refractivity contribution in [3.63, 3.8) is 0 Å². The van der Waals surface area contributed by atoms with Crippen molar-refractivity contribution < 1.29 is 4.74 Å². The second-order valence-corrected chi connectivity index (χ2v) is 9.03. The van der Waals surface area contributed by atoms with E-state index in [0.29, 0.717) is 17.4 Å². The lowest BCUT2D eigenvalue weighted by molar-refractivity contribution is 0.415. The molecule has 0 N–H and O–H groups in total. The van der Waals surface area contributed by atoms with Crippen molar-refractivity contribution in [1.29, 1.82) is 0 Å². The molecule has 4 nitrogen and oxygen atoms in total. The van der Waals surface area contributed by atoms with Gasteiger partial charge in [0, 0.05) is 15.5 Å². The Morgan fingerprint density at radius 3 is 2.80 bits per heavy atom. The van der Waals surface area contributed by atoms with Gasteiger partial charge in [-0.1, -0.05) is 41.9 Å². The third kappa shape index (κ3) is 3.32. The van der Waals surface area contributed by atoms with Crippen molar-refractivity contribution in [2.45, 2.75) is 32.2 Å². The molecule has 4 aromatic rings. The number of aromatic nitrogens is 2. The second kappa shape index (κ2) is 7.89. The van der Waals surface area contributed by atoms with Crippen LogP contribution in [0.3, 0.4) is 0 Å². The molecule has 0 spiro atoms. The number of fused-ring (bicyclic) bond motifs is 3. The fourth-order valence-electron chi connectivity index (χ4n) is 4.16. The van der Waals surface area contributed by atoms with Crippen molar-refractivity contribution in [3.8, 4) is 17.1 Å². The lowest BCUT2D eigenvalue weighted by Crippen LogP contribution is -2.24. The van der Waals surface area contributed by atoms with Gasteiger partial charge in [-0.2, -0.15) is 0 Å². The minimum Gasteiger partial charge on any atom is -0.497 e. The molecule has 0 bridgehead atoms. The lowest BCUT2D eigenvalue weighted by atomic mass is 9.97. The Morgan fingerprint density at radius 2 is 1.97 bits per heavy atom. The number of hydrogen-bond donors (Lipinski definition) is 0. The van der Waals surface area contributed by atoms with Crippen molar-refractivity contribution in [1.82, 2.24) is 9.55 Å². The third-order valence-corrected chi connectivity index (χ3v) is 7.24. The fraction of sp³-hybridized carbons (Fsp3) is 0.250. The summed E-state index contributed by atoms with van der Waals surface area (Å²) in [6, 6.07) is 15.3. The maximum atomic E-state index is 13.8. The molecule has 5 rings (SSSR count). The molecule has 0 unspecified atom stereocenters. The SMILES string of the molecule is COc1cccc(-c2nc3sc4c(c3c(=O)n2Cc2ccccc2Cl)CCCC4)c1. The van der Waals surface area contributed by atoms with E-state index in [1.54, 1.807) is 23.0 Å². The van der Waals surface area contributed by atoms with Crippen LogP contribution in [0.15, 0.2) is 53.3 Å². The van der Waals surface area contributed by atoms with Crippen LogP contribution in [-0.2, 0) is 19.4 Å². The normalized spacial score (nSPS) is 13.4. The van der Waals surface area contributed by atoms with Gasteiger partial charge < -0.3 is 4.74 Å². The molecule has 0 amide bonds. The number of benzene rings is 2. The number of thiophene rings is 1. The molecular weight excluding hydrogens is 416 g/mol. The zero-order valence-electron chi connectivity index (χ0n) is 16.7. The molecule has 0 fully saturated rings. The van der Waals surface area contributed by atoms with Crippen LogP contribution in [0.25, 0.3) is 21.6 Å². The zero-order chi connectivity index (χ0) is 20.7. The van der Waals surface area contributed by atoms with E-state index < -0.39 is 0 Å². The first-order valence-corrected chi connectivity index (χ1v) is 11.3. The smallest absolute Gasteiger partial charge is 0.263 e. The van der Waals surface area contributed by atoms with E-state index in [9.17, 15) is 4.79 Å². The second-order valence-electron chi connectivity index (χ2n) is 7.54. The number of aryl methyl sites for hydroxylation is 2. The molecule has 30 heavy (non-hydrogen) atoms. The monoisotopic (exact) mass is 436 g/mol. The van der Waals surface area contributed by atoms with Gasteiger partial charge >= 0.3 is 0 Å². The van der Waals surface area contributed by atoms with Crippen LogP contribution in [0, 0.1) is 0 Å². The number of rotatable bonds is 4. The highest BCUT2D eigenvalue weighted by molar-refractivity contribution is 7.18. The van der Waals surface area contributed by atoms with Crippen molar-refractivity contribution in [3.05, 3.63) is 79.9 Å². The van der Waals surface area contributed by atoms with Gasteiger partial charge in [0.25, 0.3) is 5.56 Å². The van der Waals surface area contributed by atoms with Gasteiger partial charge in [-0.05, 0) is 55.0 Å². The molecule has 152 valence electrons. The molecule has 2 heterocycles. The van der Waals surface area contributed by atoms with E-state index in [0.717, 1.165) is 46.4 Å². The Bertz CT molecular complexity index is 1310. The summed E-state index contributed by atoms with van der Waals surface area (Å²) in [6.07, 6.45) is 4.29. The van der Waals surface area contributed by atoms with E-state index in [-0.39, 0.29) is 5.56 Å². The first-order valence-electron chi connectivity index (χ1n) is 10.1. The minimum atomic E-state index is 0.0112. The molecule has 0 atom stereocenters. The van der Waals surface area contributed by atoms with E-state index in [1.807, 2.05) is 48.5 Å². The highest BCUT2D eigenvalue weighted by Gasteiger charge is 2.23. The Morgan fingerprint density at radius 1 is 1.13 bits per heavy atom. The average molecular weight is 437 g/mol. The molecule has 0 radical (unpaired) electrons. The molecule has 6 heteroatoms. The van der Waals surface area contributed by atoms with Crippen molar-refractivity contribution >= 4 is 33.2 Å². The number of hydrogen-bond acceptors (Lipinski definition) is 4. The molecule has 0 saturated carbocycles. The molecule has 0 aliphatic heterocycles. The first kappa shape index (κ1) is 19.3. The Balaban J connectivity index is 1.78. The van der Waals surface area contributed by atoms with Crippen LogP contribution in [0.5, 0.6) is 5.75 Å². The minimum absolute atomic E-state index is 0.0112. The number of ether oxygens (including phenoxy) is 1. The summed E-state index contributed by atoms with van der Waals surface area (Å²) in [5.74, 6) is 1.38. The maximum Gasteiger partial charge on any atom is 0.263 e. The molecule has 1 aliphatic carbocycles. The molecule has 1 aliphatic rings. The predicted octanol–water partition coefficient (Wildman–Crippen LogP) is 5.71. The summed E-state index contributed by atoms with van der Waals surface area (Å²) < 4.78 is 7.17. The summed E-state index contributed by atoms with van der Waals surface area (Å²) in [6.45, 7) is 0.374. The highest BCUT2D eigenvalue weighted by atomic mass is 35.5. The number of nitrogens with zero attached hydrogens (tertiary/aromatic N) is 2. The van der Waals surface area contributed by atoms with E-state index in [2.05, 4.69) is 0 Å². The lowest BCUT2D eigenvalue weighted by Gasteiger charge is -2.15. The first-order chi connectivity index (χ1) is 14.7. The van der Waals surface area contributed by atoms with Crippen LogP contribution < -0.4 is 10.3 Å². The van der Waals surface area contributed by atoms with Crippen LogP contribution >= 0.6 is 22.9 Å². The van der Waals surface area contributed by atoms with Gasteiger partial charge in [0.2, 0.25) is 0 Å². The van der Waals surface area contributed by atoms with Gasteiger partial charge in [-0.25, -0.2) is 4.98 Å². The Hall–Kier alpha value is -2.63. The van der Waals surface area contributed by atoms with Crippen LogP contribution in [0.2, 0.25) is 5.02 Å². The van der Waals surface area contributed by atoms with Gasteiger partial charge in [0.15, 0.2) is 0 Å². The number of halogens is 1. The molecule has 2 aromatic carbocycles. The Kier molecular flexibility index (Phi) is 5.09. The van der Waals surface area contributed by atoms with Crippen LogP contribution in [0.1, 0.15) is 28.8 Å². The average Bonchev–Trinajstić information content (AvgIpc) is 3.15. The summed E-state index contributed by atoms with van der Waals surface area (Å²) in [5, 5.41) is 1.43.